The molecule has 0 aliphatic heterocycles. The molecule has 0 aromatic carbocycles. The summed E-state index contributed by atoms with van der Waals surface area (Å²) in [4.78, 5) is 23.6. The van der Waals surface area contributed by atoms with Crippen LogP contribution in [0.15, 0.2) is 11.6 Å². The molecule has 0 aromatic heterocycles. The molecule has 1 saturated carbocycles. The molecule has 0 bridgehead atoms. The summed E-state index contributed by atoms with van der Waals surface area (Å²) in [6.45, 7) is 1.29. The van der Waals surface area contributed by atoms with Crippen molar-refractivity contribution in [3.8, 4) is 0 Å². The van der Waals surface area contributed by atoms with E-state index in [1.54, 1.807) is 0 Å². The van der Waals surface area contributed by atoms with Gasteiger partial charge in [-0.1, -0.05) is 30.9 Å². The van der Waals surface area contributed by atoms with Crippen LogP contribution in [-0.4, -0.2) is 31.1 Å². The summed E-state index contributed by atoms with van der Waals surface area (Å²) in [7, 11) is 0. The maximum Gasteiger partial charge on any atom is 0.315 e. The fourth-order valence-electron chi connectivity index (χ4n) is 3.52. The number of carbonyl (C=O) groups is 2. The van der Waals surface area contributed by atoms with Gasteiger partial charge >= 0.3 is 6.03 Å². The van der Waals surface area contributed by atoms with Gasteiger partial charge in [0.25, 0.3) is 0 Å². The van der Waals surface area contributed by atoms with Gasteiger partial charge in [0.05, 0.1) is 0 Å². The lowest BCUT2D eigenvalue weighted by Crippen LogP contribution is -2.43. The summed E-state index contributed by atoms with van der Waals surface area (Å²) in [5, 5.41) is 8.85. The van der Waals surface area contributed by atoms with Crippen LogP contribution >= 0.6 is 0 Å². The first-order valence-corrected chi connectivity index (χ1v) is 9.73. The third-order valence-electron chi connectivity index (χ3n) is 4.96. The van der Waals surface area contributed by atoms with Crippen molar-refractivity contribution in [3.05, 3.63) is 11.6 Å². The van der Waals surface area contributed by atoms with Crippen LogP contribution in [0.5, 0.6) is 0 Å². The van der Waals surface area contributed by atoms with Gasteiger partial charge < -0.3 is 16.0 Å². The topological polar surface area (TPSA) is 70.2 Å². The predicted octanol–water partition coefficient (Wildman–Crippen LogP) is 3.41. The van der Waals surface area contributed by atoms with Crippen LogP contribution in [0.2, 0.25) is 0 Å². The van der Waals surface area contributed by atoms with E-state index in [-0.39, 0.29) is 11.9 Å². The van der Waals surface area contributed by atoms with E-state index in [2.05, 4.69) is 22.0 Å². The fourth-order valence-corrected chi connectivity index (χ4v) is 3.52. The zero-order valence-corrected chi connectivity index (χ0v) is 14.9. The van der Waals surface area contributed by atoms with E-state index in [9.17, 15) is 9.59 Å². The number of nitrogens with one attached hydrogen (secondary N) is 3. The number of rotatable bonds is 8. The van der Waals surface area contributed by atoms with Gasteiger partial charge in [0.15, 0.2) is 0 Å². The van der Waals surface area contributed by atoms with Gasteiger partial charge in [-0.3, -0.25) is 4.79 Å². The van der Waals surface area contributed by atoms with Gasteiger partial charge in [0, 0.05) is 25.6 Å². The van der Waals surface area contributed by atoms with Gasteiger partial charge in [-0.05, 0) is 51.4 Å². The fraction of sp³-hybridized carbons (Fsp3) is 0.789. The lowest BCUT2D eigenvalue weighted by Gasteiger charge is -2.22. The molecule has 3 amide bonds. The first kappa shape index (κ1) is 18.8. The highest BCUT2D eigenvalue weighted by atomic mass is 16.2. The van der Waals surface area contributed by atoms with Crippen molar-refractivity contribution in [1.82, 2.24) is 16.0 Å². The van der Waals surface area contributed by atoms with Crippen molar-refractivity contribution < 1.29 is 9.59 Å². The summed E-state index contributed by atoms with van der Waals surface area (Å²) in [5.74, 6) is 0.0842. The Morgan fingerprint density at radius 2 is 1.83 bits per heavy atom. The Kier molecular flexibility index (Phi) is 8.71. The molecular weight excluding hydrogens is 302 g/mol. The average molecular weight is 335 g/mol. The van der Waals surface area contributed by atoms with Gasteiger partial charge in [-0.25, -0.2) is 4.79 Å². The number of amides is 3. The standard InChI is InChI=1S/C19H33N3O2/c23-18(20-15-13-16-8-3-1-4-9-16)12-7-14-21-19(24)22-17-10-5-2-6-11-17/h8,17H,1-7,9-15H2,(H,20,23)(H2,21,22,24). The number of hydrogen-bond acceptors (Lipinski definition) is 2. The second-order valence-electron chi connectivity index (χ2n) is 7.05. The van der Waals surface area contributed by atoms with Crippen LogP contribution in [0.3, 0.4) is 0 Å². The smallest absolute Gasteiger partial charge is 0.315 e. The Balaban J connectivity index is 1.45. The van der Waals surface area contributed by atoms with E-state index in [0.29, 0.717) is 25.4 Å². The molecule has 1 fully saturated rings. The van der Waals surface area contributed by atoms with E-state index in [1.165, 1.54) is 50.5 Å². The molecule has 5 nitrogen and oxygen atoms in total. The van der Waals surface area contributed by atoms with E-state index in [4.69, 9.17) is 0 Å². The van der Waals surface area contributed by atoms with E-state index < -0.39 is 0 Å². The SMILES string of the molecule is O=C(CCCNC(=O)NC1CCCCC1)NCCC1=CCCCC1. The second-order valence-corrected chi connectivity index (χ2v) is 7.05. The highest BCUT2D eigenvalue weighted by Gasteiger charge is 2.15. The summed E-state index contributed by atoms with van der Waals surface area (Å²) in [5.41, 5.74) is 1.49. The Morgan fingerprint density at radius 3 is 2.58 bits per heavy atom. The summed E-state index contributed by atoms with van der Waals surface area (Å²) >= 11 is 0. The van der Waals surface area contributed by atoms with Crippen LogP contribution in [0.4, 0.5) is 4.79 Å². The lowest BCUT2D eigenvalue weighted by molar-refractivity contribution is -0.121. The van der Waals surface area contributed by atoms with Crippen LogP contribution in [0.25, 0.3) is 0 Å². The van der Waals surface area contributed by atoms with Gasteiger partial charge in [-0.15, -0.1) is 0 Å². The minimum atomic E-state index is -0.0912. The van der Waals surface area contributed by atoms with Crippen molar-refractivity contribution in [1.29, 1.82) is 0 Å². The van der Waals surface area contributed by atoms with E-state index in [0.717, 1.165) is 25.8 Å². The van der Waals surface area contributed by atoms with Crippen molar-refractivity contribution in [3.63, 3.8) is 0 Å². The van der Waals surface area contributed by atoms with E-state index in [1.807, 2.05) is 0 Å². The zero-order chi connectivity index (χ0) is 17.0. The van der Waals surface area contributed by atoms with Crippen molar-refractivity contribution in [2.24, 2.45) is 0 Å². The van der Waals surface area contributed by atoms with Gasteiger partial charge in [0.1, 0.15) is 0 Å². The van der Waals surface area contributed by atoms with Crippen molar-refractivity contribution in [2.45, 2.75) is 83.1 Å². The van der Waals surface area contributed by atoms with Crippen LogP contribution in [0.1, 0.15) is 77.0 Å². The molecule has 136 valence electrons. The van der Waals surface area contributed by atoms with Crippen LogP contribution in [0, 0.1) is 0 Å². The summed E-state index contributed by atoms with van der Waals surface area (Å²) in [6.07, 6.45) is 15.3. The normalized spacial score (nSPS) is 18.6. The molecular formula is C19H33N3O2. The Bertz CT molecular complexity index is 428. The van der Waals surface area contributed by atoms with Crippen molar-refractivity contribution >= 4 is 11.9 Å². The minimum absolute atomic E-state index is 0.0842. The molecule has 0 saturated heterocycles. The summed E-state index contributed by atoms with van der Waals surface area (Å²) in [6, 6.07) is 0.239. The molecule has 0 spiro atoms. The van der Waals surface area contributed by atoms with Crippen LogP contribution in [-0.2, 0) is 4.79 Å². The first-order valence-electron chi connectivity index (χ1n) is 9.73. The first-order chi connectivity index (χ1) is 11.7. The number of hydrogen-bond donors (Lipinski definition) is 3. The maximum atomic E-state index is 11.8. The molecule has 2 rings (SSSR count). The quantitative estimate of drug-likeness (QED) is 0.470. The average Bonchev–Trinajstić information content (AvgIpc) is 2.60. The van der Waals surface area contributed by atoms with Gasteiger partial charge in [0.2, 0.25) is 5.91 Å². The zero-order valence-electron chi connectivity index (χ0n) is 14.9. The monoisotopic (exact) mass is 335 g/mol. The summed E-state index contributed by atoms with van der Waals surface area (Å²) < 4.78 is 0. The Morgan fingerprint density at radius 1 is 1.00 bits per heavy atom. The maximum absolute atomic E-state index is 11.8. The molecule has 0 heterocycles. The van der Waals surface area contributed by atoms with E-state index >= 15 is 0 Å². The molecule has 0 unspecified atom stereocenters. The third-order valence-corrected chi connectivity index (χ3v) is 4.96. The largest absolute Gasteiger partial charge is 0.356 e. The molecule has 0 atom stereocenters. The Labute approximate surface area is 146 Å². The Hall–Kier alpha value is -1.52. The predicted molar refractivity (Wildman–Crippen MR) is 96.8 cm³/mol. The third kappa shape index (κ3) is 7.84. The number of urea groups is 1. The minimum Gasteiger partial charge on any atom is -0.356 e. The molecule has 2 aliphatic rings. The number of carbonyl (C=O) groups excluding carboxylic acids is 2. The molecule has 0 aromatic rings. The molecule has 24 heavy (non-hydrogen) atoms. The molecule has 3 N–H and O–H groups in total. The molecule has 2 aliphatic carbocycles. The van der Waals surface area contributed by atoms with Crippen LogP contribution < -0.4 is 16.0 Å². The van der Waals surface area contributed by atoms with Gasteiger partial charge in [-0.2, -0.15) is 0 Å². The molecule has 0 radical (unpaired) electrons. The lowest BCUT2D eigenvalue weighted by atomic mass is 9.96. The highest BCUT2D eigenvalue weighted by molar-refractivity contribution is 5.76. The van der Waals surface area contributed by atoms with Crippen molar-refractivity contribution in [2.75, 3.05) is 13.1 Å². The molecule has 5 heteroatoms. The second kappa shape index (κ2) is 11.1. The highest BCUT2D eigenvalue weighted by Crippen LogP contribution is 2.19. The number of allylic oxidation sites excluding steroid dienone is 1.